The molecule has 1 atom stereocenters. The summed E-state index contributed by atoms with van der Waals surface area (Å²) in [7, 11) is 0. The number of hydrogen-bond acceptors (Lipinski definition) is 3. The van der Waals surface area contributed by atoms with Crippen LogP contribution in [0, 0.1) is 19.8 Å². The number of carbonyl (C=O) groups excluding carboxylic acids is 1. The van der Waals surface area contributed by atoms with Crippen molar-refractivity contribution in [3.63, 3.8) is 0 Å². The fourth-order valence-corrected chi connectivity index (χ4v) is 5.47. The van der Waals surface area contributed by atoms with Crippen LogP contribution in [0.5, 0.6) is 0 Å². The van der Waals surface area contributed by atoms with Crippen molar-refractivity contribution in [3.8, 4) is 0 Å². The fraction of sp³-hybridized carbons (Fsp3) is 0.458. The summed E-state index contributed by atoms with van der Waals surface area (Å²) >= 11 is 8.22. The Labute approximate surface area is 184 Å². The first-order chi connectivity index (χ1) is 13.8. The third-order valence-electron chi connectivity index (χ3n) is 5.26. The van der Waals surface area contributed by atoms with Crippen molar-refractivity contribution in [2.24, 2.45) is 5.92 Å². The standard InChI is InChI=1S/C24H31ClN2OS/c1-17(2)14-26(15-20-13-18(3)9-10-19(20)4)16-23(28)27-11-12-29-24(27)21-7-5-6-8-22(21)25/h5-10,13,17,24H,11-12,14-16H2,1-4H3/t24-/m0/s1. The molecule has 0 N–H and O–H groups in total. The molecule has 2 aromatic rings. The van der Waals surface area contributed by atoms with Crippen LogP contribution >= 0.6 is 23.4 Å². The summed E-state index contributed by atoms with van der Waals surface area (Å²) in [4.78, 5) is 17.6. The van der Waals surface area contributed by atoms with Crippen LogP contribution in [0.25, 0.3) is 0 Å². The van der Waals surface area contributed by atoms with E-state index in [0.717, 1.165) is 36.0 Å². The van der Waals surface area contributed by atoms with Gasteiger partial charge in [-0.2, -0.15) is 0 Å². The molecule has 1 amide bonds. The van der Waals surface area contributed by atoms with Crippen molar-refractivity contribution >= 4 is 29.3 Å². The number of nitrogens with zero attached hydrogens (tertiary/aromatic N) is 2. The quantitative estimate of drug-likeness (QED) is 0.563. The minimum Gasteiger partial charge on any atom is -0.325 e. The Hall–Kier alpha value is -1.49. The van der Waals surface area contributed by atoms with Crippen molar-refractivity contribution < 1.29 is 4.79 Å². The SMILES string of the molecule is Cc1ccc(C)c(CN(CC(=O)N2CCS[C@H]2c2ccccc2Cl)CC(C)C)c1. The van der Waals surface area contributed by atoms with E-state index in [2.05, 4.69) is 50.8 Å². The molecule has 156 valence electrons. The van der Waals surface area contributed by atoms with Crippen molar-refractivity contribution in [2.45, 2.75) is 39.6 Å². The molecule has 1 aliphatic heterocycles. The average molecular weight is 431 g/mol. The van der Waals surface area contributed by atoms with Gasteiger partial charge in [-0.05, 0) is 37.0 Å². The minimum atomic E-state index is 0.0119. The largest absolute Gasteiger partial charge is 0.325 e. The molecule has 1 fully saturated rings. The number of halogens is 1. The van der Waals surface area contributed by atoms with Gasteiger partial charge in [-0.3, -0.25) is 9.69 Å². The highest BCUT2D eigenvalue weighted by molar-refractivity contribution is 7.99. The van der Waals surface area contributed by atoms with E-state index >= 15 is 0 Å². The summed E-state index contributed by atoms with van der Waals surface area (Å²) in [6, 6.07) is 14.4. The second-order valence-electron chi connectivity index (χ2n) is 8.33. The molecular formula is C24H31ClN2OS. The van der Waals surface area contributed by atoms with Crippen LogP contribution in [0.4, 0.5) is 0 Å². The normalized spacial score (nSPS) is 16.8. The summed E-state index contributed by atoms with van der Waals surface area (Å²) in [5.41, 5.74) is 4.88. The highest BCUT2D eigenvalue weighted by Crippen LogP contribution is 2.40. The van der Waals surface area contributed by atoms with Gasteiger partial charge in [-0.1, -0.05) is 67.4 Å². The molecule has 0 saturated carbocycles. The van der Waals surface area contributed by atoms with Gasteiger partial charge in [0.05, 0.1) is 6.54 Å². The van der Waals surface area contributed by atoms with Crippen LogP contribution in [-0.4, -0.2) is 41.1 Å². The minimum absolute atomic E-state index is 0.0119. The zero-order chi connectivity index (χ0) is 21.0. The number of hydrogen-bond donors (Lipinski definition) is 0. The van der Waals surface area contributed by atoms with Crippen LogP contribution < -0.4 is 0 Å². The van der Waals surface area contributed by atoms with Gasteiger partial charge in [-0.15, -0.1) is 11.8 Å². The lowest BCUT2D eigenvalue weighted by atomic mass is 10.0. The average Bonchev–Trinajstić information content (AvgIpc) is 3.14. The second kappa shape index (κ2) is 10.0. The molecule has 0 spiro atoms. The number of aryl methyl sites for hydroxylation is 2. The van der Waals surface area contributed by atoms with Crippen LogP contribution in [0.2, 0.25) is 5.02 Å². The van der Waals surface area contributed by atoms with Gasteiger partial charge in [0.15, 0.2) is 0 Å². The zero-order valence-corrected chi connectivity index (χ0v) is 19.4. The molecule has 0 bridgehead atoms. The van der Waals surface area contributed by atoms with Crippen LogP contribution in [-0.2, 0) is 11.3 Å². The Morgan fingerprint density at radius 2 is 2.00 bits per heavy atom. The molecule has 0 aromatic heterocycles. The van der Waals surface area contributed by atoms with E-state index in [1.807, 2.05) is 29.2 Å². The Morgan fingerprint density at radius 3 is 2.72 bits per heavy atom. The van der Waals surface area contributed by atoms with E-state index in [-0.39, 0.29) is 11.3 Å². The summed E-state index contributed by atoms with van der Waals surface area (Å²) in [5, 5.41) is 0.747. The molecular weight excluding hydrogens is 400 g/mol. The first-order valence-electron chi connectivity index (χ1n) is 10.3. The predicted molar refractivity (Wildman–Crippen MR) is 124 cm³/mol. The molecule has 3 nitrogen and oxygen atoms in total. The molecule has 1 aliphatic rings. The Kier molecular flexibility index (Phi) is 7.66. The number of amides is 1. The van der Waals surface area contributed by atoms with E-state index in [1.165, 1.54) is 16.7 Å². The lowest BCUT2D eigenvalue weighted by Gasteiger charge is -2.30. The molecule has 3 rings (SSSR count). The van der Waals surface area contributed by atoms with Gasteiger partial charge < -0.3 is 4.90 Å². The lowest BCUT2D eigenvalue weighted by molar-refractivity contribution is -0.132. The number of benzene rings is 2. The highest BCUT2D eigenvalue weighted by Gasteiger charge is 2.32. The maximum absolute atomic E-state index is 13.3. The molecule has 29 heavy (non-hydrogen) atoms. The van der Waals surface area contributed by atoms with Crippen LogP contribution in [0.3, 0.4) is 0 Å². The lowest BCUT2D eigenvalue weighted by Crippen LogP contribution is -2.41. The summed E-state index contributed by atoms with van der Waals surface area (Å²) in [6.07, 6.45) is 0. The Morgan fingerprint density at radius 1 is 1.24 bits per heavy atom. The van der Waals surface area contributed by atoms with E-state index in [1.54, 1.807) is 11.8 Å². The van der Waals surface area contributed by atoms with E-state index < -0.39 is 0 Å². The Bertz CT molecular complexity index is 855. The van der Waals surface area contributed by atoms with Gasteiger partial charge in [0.25, 0.3) is 0 Å². The molecule has 0 unspecified atom stereocenters. The number of thioether (sulfide) groups is 1. The van der Waals surface area contributed by atoms with Gasteiger partial charge >= 0.3 is 0 Å². The summed E-state index contributed by atoms with van der Waals surface area (Å²) in [5.74, 6) is 1.63. The van der Waals surface area contributed by atoms with Crippen molar-refractivity contribution in [3.05, 3.63) is 69.7 Å². The fourth-order valence-electron chi connectivity index (χ4n) is 3.85. The predicted octanol–water partition coefficient (Wildman–Crippen LogP) is 5.69. The topological polar surface area (TPSA) is 23.6 Å². The molecule has 2 aromatic carbocycles. The smallest absolute Gasteiger partial charge is 0.237 e. The third-order valence-corrected chi connectivity index (χ3v) is 6.85. The maximum atomic E-state index is 13.3. The van der Waals surface area contributed by atoms with Gasteiger partial charge in [0.2, 0.25) is 5.91 Å². The van der Waals surface area contributed by atoms with Crippen molar-refractivity contribution in [1.82, 2.24) is 9.80 Å². The number of carbonyl (C=O) groups is 1. The monoisotopic (exact) mass is 430 g/mol. The first kappa shape index (κ1) is 22.2. The van der Waals surface area contributed by atoms with E-state index in [0.29, 0.717) is 12.5 Å². The van der Waals surface area contributed by atoms with Crippen molar-refractivity contribution in [2.75, 3.05) is 25.4 Å². The highest BCUT2D eigenvalue weighted by atomic mass is 35.5. The van der Waals surface area contributed by atoms with Gasteiger partial charge in [0, 0.05) is 36.0 Å². The zero-order valence-electron chi connectivity index (χ0n) is 17.8. The number of rotatable bonds is 7. The van der Waals surface area contributed by atoms with Gasteiger partial charge in [0.1, 0.15) is 5.37 Å². The first-order valence-corrected chi connectivity index (χ1v) is 11.7. The molecule has 1 saturated heterocycles. The van der Waals surface area contributed by atoms with Crippen LogP contribution in [0.15, 0.2) is 42.5 Å². The molecule has 5 heteroatoms. The summed E-state index contributed by atoms with van der Waals surface area (Å²) in [6.45, 7) is 11.6. The summed E-state index contributed by atoms with van der Waals surface area (Å²) < 4.78 is 0. The van der Waals surface area contributed by atoms with Crippen molar-refractivity contribution in [1.29, 1.82) is 0 Å². The molecule has 1 heterocycles. The van der Waals surface area contributed by atoms with E-state index in [9.17, 15) is 4.79 Å². The third kappa shape index (κ3) is 5.78. The van der Waals surface area contributed by atoms with Gasteiger partial charge in [-0.25, -0.2) is 0 Å². The van der Waals surface area contributed by atoms with Crippen LogP contribution in [0.1, 0.15) is 41.5 Å². The van der Waals surface area contributed by atoms with E-state index in [4.69, 9.17) is 11.6 Å². The maximum Gasteiger partial charge on any atom is 0.237 e. The molecule has 0 aliphatic carbocycles. The Balaban J connectivity index is 1.75. The molecule has 0 radical (unpaired) electrons. The second-order valence-corrected chi connectivity index (χ2v) is 9.92.